The van der Waals surface area contributed by atoms with E-state index in [0.29, 0.717) is 31.0 Å². The molecule has 1 aliphatic rings. The number of nitrogen functional groups attached to an aromatic ring is 1. The number of methoxy groups -OCH3 is 1. The molecule has 3 aromatic carbocycles. The Hall–Kier alpha value is -4.28. The Morgan fingerprint density at radius 1 is 1.08 bits per heavy atom. The highest BCUT2D eigenvalue weighted by molar-refractivity contribution is 7.91. The number of carbonyl (C=O) groups excluding carboxylic acids is 1. The molecule has 200 valence electrons. The summed E-state index contributed by atoms with van der Waals surface area (Å²) in [5.41, 5.74) is 7.46. The molecule has 2 heterocycles. The summed E-state index contributed by atoms with van der Waals surface area (Å²) in [6, 6.07) is 20.9. The van der Waals surface area contributed by atoms with E-state index in [1.807, 2.05) is 24.3 Å². The topological polar surface area (TPSA) is 138 Å². The lowest BCUT2D eigenvalue weighted by atomic mass is 10.1. The molecule has 1 atom stereocenters. The lowest BCUT2D eigenvalue weighted by molar-refractivity contribution is -0.130. The molecule has 4 N–H and O–H groups in total. The van der Waals surface area contributed by atoms with Crippen LogP contribution in [0.1, 0.15) is 35.8 Å². The number of hydrogen-bond acceptors (Lipinski definition) is 7. The van der Waals surface area contributed by atoms with Gasteiger partial charge in [0.1, 0.15) is 23.4 Å². The molecule has 0 aliphatic carbocycles. The molecule has 1 fully saturated rings. The largest absolute Gasteiger partial charge is 0.497 e. The molecule has 0 saturated carbocycles. The van der Waals surface area contributed by atoms with Gasteiger partial charge in [0, 0.05) is 25.7 Å². The Kier molecular flexibility index (Phi) is 7.32. The van der Waals surface area contributed by atoms with Crippen LogP contribution >= 0.6 is 0 Å². The molecule has 5 rings (SSSR count). The van der Waals surface area contributed by atoms with Gasteiger partial charge in [0.05, 0.1) is 16.9 Å². The van der Waals surface area contributed by atoms with Crippen molar-refractivity contribution in [3.8, 4) is 5.75 Å². The van der Waals surface area contributed by atoms with Crippen molar-refractivity contribution in [3.05, 3.63) is 95.8 Å². The molecule has 4 aromatic rings. The standard InChI is InChI=1S/C29H29N5O4S/c1-38-23-9-7-20-8-10-25(16-22(20)15-23)39(36,37)24-5-2-4-19(14-24)18-33-29(34-13-3-6-27(34)35)21-11-12-32-26(17-21)28(30)31/h2,4-5,7-12,14-17,29,33H,3,6,13,18H2,1H3,(H3,30,31). The van der Waals surface area contributed by atoms with E-state index >= 15 is 0 Å². The summed E-state index contributed by atoms with van der Waals surface area (Å²) < 4.78 is 32.4. The molecule has 9 nitrogen and oxygen atoms in total. The van der Waals surface area contributed by atoms with Crippen molar-refractivity contribution >= 4 is 32.4 Å². The highest BCUT2D eigenvalue weighted by Crippen LogP contribution is 2.28. The predicted molar refractivity (Wildman–Crippen MR) is 148 cm³/mol. The molecule has 10 heteroatoms. The Labute approximate surface area is 227 Å². The van der Waals surface area contributed by atoms with Crippen molar-refractivity contribution in [1.29, 1.82) is 5.41 Å². The summed E-state index contributed by atoms with van der Waals surface area (Å²) >= 11 is 0. The van der Waals surface area contributed by atoms with Crippen molar-refractivity contribution < 1.29 is 17.9 Å². The third-order valence-electron chi connectivity index (χ3n) is 6.83. The zero-order chi connectivity index (χ0) is 27.6. The Bertz CT molecular complexity index is 1670. The van der Waals surface area contributed by atoms with Crippen LogP contribution in [0, 0.1) is 5.41 Å². The van der Waals surface area contributed by atoms with Gasteiger partial charge < -0.3 is 15.4 Å². The van der Waals surface area contributed by atoms with Crippen LogP contribution in [0.15, 0.2) is 88.8 Å². The molecule has 39 heavy (non-hydrogen) atoms. The average molecular weight is 544 g/mol. The van der Waals surface area contributed by atoms with Gasteiger partial charge in [-0.3, -0.25) is 20.5 Å². The Morgan fingerprint density at radius 2 is 1.87 bits per heavy atom. The second-order valence-corrected chi connectivity index (χ2v) is 11.3. The van der Waals surface area contributed by atoms with Crippen LogP contribution in [-0.4, -0.2) is 43.7 Å². The van der Waals surface area contributed by atoms with Crippen LogP contribution in [0.2, 0.25) is 0 Å². The minimum atomic E-state index is -3.78. The van der Waals surface area contributed by atoms with E-state index < -0.39 is 16.0 Å². The number of likely N-dealkylation sites (tertiary alicyclic amines) is 1. The molecule has 1 amide bonds. The predicted octanol–water partition coefficient (Wildman–Crippen LogP) is 3.77. The summed E-state index contributed by atoms with van der Waals surface area (Å²) in [5, 5.41) is 12.8. The molecular formula is C29H29N5O4S. The second-order valence-electron chi connectivity index (χ2n) is 9.39. The summed E-state index contributed by atoms with van der Waals surface area (Å²) in [6.07, 6.45) is 2.31. The minimum absolute atomic E-state index is 0.0259. The highest BCUT2D eigenvalue weighted by Gasteiger charge is 2.29. The van der Waals surface area contributed by atoms with Gasteiger partial charge in [0.2, 0.25) is 15.7 Å². The molecule has 0 spiro atoms. The summed E-state index contributed by atoms with van der Waals surface area (Å²) in [5.74, 6) is 0.520. The van der Waals surface area contributed by atoms with Crippen molar-refractivity contribution in [3.63, 3.8) is 0 Å². The number of pyridine rings is 1. The smallest absolute Gasteiger partial charge is 0.224 e. The Morgan fingerprint density at radius 3 is 2.62 bits per heavy atom. The number of aromatic nitrogens is 1. The second kappa shape index (κ2) is 10.8. The number of carbonyl (C=O) groups is 1. The van der Waals surface area contributed by atoms with E-state index in [1.54, 1.807) is 66.7 Å². The number of nitrogens with zero attached hydrogens (tertiary/aromatic N) is 2. The number of ether oxygens (including phenoxy) is 1. The SMILES string of the molecule is COc1ccc2ccc(S(=O)(=O)c3cccc(CNC(c4ccnc(C(=N)N)c4)N4CCCC4=O)c3)cc2c1. The number of benzene rings is 3. The number of nitrogens with one attached hydrogen (secondary N) is 2. The zero-order valence-corrected chi connectivity index (χ0v) is 22.2. The van der Waals surface area contributed by atoms with Crippen LogP contribution in [0.25, 0.3) is 10.8 Å². The van der Waals surface area contributed by atoms with E-state index in [9.17, 15) is 13.2 Å². The summed E-state index contributed by atoms with van der Waals surface area (Å²) in [4.78, 5) is 18.9. The number of amides is 1. The van der Waals surface area contributed by atoms with Gasteiger partial charge in [0.15, 0.2) is 0 Å². The quantitative estimate of drug-likeness (QED) is 0.216. The molecule has 1 unspecified atom stereocenters. The molecule has 1 aliphatic heterocycles. The number of rotatable bonds is 9. The van der Waals surface area contributed by atoms with Crippen LogP contribution in [-0.2, 0) is 21.2 Å². The van der Waals surface area contributed by atoms with Crippen molar-refractivity contribution in [2.45, 2.75) is 35.3 Å². The van der Waals surface area contributed by atoms with Gasteiger partial charge in [-0.15, -0.1) is 0 Å². The fourth-order valence-corrected chi connectivity index (χ4v) is 6.15. The lowest BCUT2D eigenvalue weighted by Crippen LogP contribution is -2.39. The minimum Gasteiger partial charge on any atom is -0.497 e. The van der Waals surface area contributed by atoms with E-state index in [4.69, 9.17) is 15.9 Å². The summed E-state index contributed by atoms with van der Waals surface area (Å²) in [6.45, 7) is 0.903. The van der Waals surface area contributed by atoms with E-state index in [1.165, 1.54) is 0 Å². The van der Waals surface area contributed by atoms with Crippen molar-refractivity contribution in [2.75, 3.05) is 13.7 Å². The number of nitrogens with two attached hydrogens (primary N) is 1. The monoisotopic (exact) mass is 543 g/mol. The van der Waals surface area contributed by atoms with Gasteiger partial charge in [-0.1, -0.05) is 24.3 Å². The Balaban J connectivity index is 1.42. The third-order valence-corrected chi connectivity index (χ3v) is 8.58. The maximum atomic E-state index is 13.6. The molecular weight excluding hydrogens is 514 g/mol. The van der Waals surface area contributed by atoms with E-state index in [-0.39, 0.29) is 21.5 Å². The highest BCUT2D eigenvalue weighted by atomic mass is 32.2. The van der Waals surface area contributed by atoms with Crippen LogP contribution in [0.3, 0.4) is 0 Å². The number of sulfone groups is 1. The lowest BCUT2D eigenvalue weighted by Gasteiger charge is -2.29. The number of fused-ring (bicyclic) bond motifs is 1. The van der Waals surface area contributed by atoms with Crippen molar-refractivity contribution in [2.24, 2.45) is 5.73 Å². The average Bonchev–Trinajstić information content (AvgIpc) is 3.38. The van der Waals surface area contributed by atoms with Crippen LogP contribution in [0.4, 0.5) is 0 Å². The first-order valence-corrected chi connectivity index (χ1v) is 14.0. The van der Waals surface area contributed by atoms with Crippen LogP contribution < -0.4 is 15.8 Å². The molecule has 1 aromatic heterocycles. The van der Waals surface area contributed by atoms with Gasteiger partial charge >= 0.3 is 0 Å². The zero-order valence-electron chi connectivity index (χ0n) is 21.4. The fraction of sp³-hybridized carbons (Fsp3) is 0.207. The van der Waals surface area contributed by atoms with Gasteiger partial charge in [-0.25, -0.2) is 8.42 Å². The maximum absolute atomic E-state index is 13.6. The van der Waals surface area contributed by atoms with E-state index in [0.717, 1.165) is 28.3 Å². The van der Waals surface area contributed by atoms with Gasteiger partial charge in [0.25, 0.3) is 0 Å². The van der Waals surface area contributed by atoms with Gasteiger partial charge in [-0.2, -0.15) is 0 Å². The maximum Gasteiger partial charge on any atom is 0.224 e. The third kappa shape index (κ3) is 5.47. The first-order chi connectivity index (χ1) is 18.8. The normalized spacial score (nSPS) is 14.5. The number of amidine groups is 1. The van der Waals surface area contributed by atoms with Gasteiger partial charge in [-0.05, 0) is 76.9 Å². The fourth-order valence-electron chi connectivity index (χ4n) is 4.78. The van der Waals surface area contributed by atoms with Crippen molar-refractivity contribution in [1.82, 2.24) is 15.2 Å². The first-order valence-electron chi connectivity index (χ1n) is 12.5. The van der Waals surface area contributed by atoms with Crippen LogP contribution in [0.5, 0.6) is 5.75 Å². The summed E-state index contributed by atoms with van der Waals surface area (Å²) in [7, 11) is -2.21. The molecule has 0 bridgehead atoms. The molecule has 0 radical (unpaired) electrons. The molecule has 1 saturated heterocycles. The number of hydrogen-bond donors (Lipinski definition) is 3. The first kappa shape index (κ1) is 26.3. The van der Waals surface area contributed by atoms with E-state index in [2.05, 4.69) is 10.3 Å².